The summed E-state index contributed by atoms with van der Waals surface area (Å²) in [5.41, 5.74) is 1.36. The van der Waals surface area contributed by atoms with Crippen LogP contribution >= 0.6 is 0 Å². The van der Waals surface area contributed by atoms with Gasteiger partial charge in [-0.1, -0.05) is 12.1 Å². The third kappa shape index (κ3) is 4.91. The van der Waals surface area contributed by atoms with E-state index in [-0.39, 0.29) is 18.4 Å². The number of amides is 2. The third-order valence-corrected chi connectivity index (χ3v) is 4.40. The number of nitrogens with one attached hydrogen (secondary N) is 2. The fourth-order valence-electron chi connectivity index (χ4n) is 2.63. The number of carbonyl (C=O) groups excluding carboxylic acids is 2. The van der Waals surface area contributed by atoms with E-state index >= 15 is 0 Å². The van der Waals surface area contributed by atoms with Crippen molar-refractivity contribution in [2.45, 2.75) is 18.8 Å². The van der Waals surface area contributed by atoms with E-state index in [1.165, 1.54) is 24.3 Å². The lowest BCUT2D eigenvalue weighted by Crippen LogP contribution is -2.31. The Labute approximate surface area is 155 Å². The first kappa shape index (κ1) is 18.6. The van der Waals surface area contributed by atoms with Gasteiger partial charge < -0.3 is 15.7 Å². The van der Waals surface area contributed by atoms with Gasteiger partial charge in [0.05, 0.1) is 5.92 Å². The molecular formula is C20H19FN2O4. The number of anilines is 1. The van der Waals surface area contributed by atoms with Gasteiger partial charge in [-0.3, -0.25) is 14.4 Å². The van der Waals surface area contributed by atoms with Crippen LogP contribution in [-0.2, 0) is 9.59 Å². The Kier molecular flexibility index (Phi) is 5.49. The second-order valence-electron chi connectivity index (χ2n) is 6.49. The fraction of sp³-hybridized carbons (Fsp3) is 0.250. The predicted molar refractivity (Wildman–Crippen MR) is 96.9 cm³/mol. The normalized spacial score (nSPS) is 14.3. The Morgan fingerprint density at radius 2 is 1.67 bits per heavy atom. The van der Waals surface area contributed by atoms with Crippen LogP contribution in [0.5, 0.6) is 0 Å². The topological polar surface area (TPSA) is 95.5 Å². The van der Waals surface area contributed by atoms with Gasteiger partial charge in [-0.2, -0.15) is 0 Å². The molecule has 1 saturated carbocycles. The van der Waals surface area contributed by atoms with E-state index in [4.69, 9.17) is 0 Å². The van der Waals surface area contributed by atoms with E-state index in [2.05, 4.69) is 10.6 Å². The fourth-order valence-corrected chi connectivity index (χ4v) is 2.63. The molecule has 6 nitrogen and oxygen atoms in total. The minimum Gasteiger partial charge on any atom is -0.481 e. The zero-order chi connectivity index (χ0) is 19.4. The van der Waals surface area contributed by atoms with E-state index in [0.29, 0.717) is 16.8 Å². The number of rotatable bonds is 7. The molecule has 1 unspecified atom stereocenters. The third-order valence-electron chi connectivity index (χ3n) is 4.40. The molecule has 0 spiro atoms. The minimum absolute atomic E-state index is 0.0178. The van der Waals surface area contributed by atoms with Crippen LogP contribution in [-0.4, -0.2) is 29.4 Å². The van der Waals surface area contributed by atoms with Crippen molar-refractivity contribution in [3.63, 3.8) is 0 Å². The highest BCUT2D eigenvalue weighted by Gasteiger charge is 2.29. The highest BCUT2D eigenvalue weighted by atomic mass is 19.1. The van der Waals surface area contributed by atoms with Gasteiger partial charge in [0.2, 0.25) is 5.91 Å². The zero-order valence-corrected chi connectivity index (χ0v) is 14.4. The van der Waals surface area contributed by atoms with E-state index < -0.39 is 23.6 Å². The van der Waals surface area contributed by atoms with Gasteiger partial charge in [-0.25, -0.2) is 4.39 Å². The van der Waals surface area contributed by atoms with E-state index in [1.54, 1.807) is 24.3 Å². The van der Waals surface area contributed by atoms with Gasteiger partial charge in [-0.15, -0.1) is 0 Å². The molecule has 1 atom stereocenters. The monoisotopic (exact) mass is 370 g/mol. The van der Waals surface area contributed by atoms with Crippen LogP contribution in [0.2, 0.25) is 0 Å². The van der Waals surface area contributed by atoms with Gasteiger partial charge >= 0.3 is 5.97 Å². The summed E-state index contributed by atoms with van der Waals surface area (Å²) in [6.07, 6.45) is 1.82. The molecule has 0 aliphatic heterocycles. The summed E-state index contributed by atoms with van der Waals surface area (Å²) in [6, 6.07) is 11.5. The quantitative estimate of drug-likeness (QED) is 0.698. The average Bonchev–Trinajstić information content (AvgIpc) is 3.49. The summed E-state index contributed by atoms with van der Waals surface area (Å²) in [5.74, 6) is -2.90. The maximum Gasteiger partial charge on any atom is 0.312 e. The molecule has 27 heavy (non-hydrogen) atoms. The Morgan fingerprint density at radius 1 is 1.04 bits per heavy atom. The van der Waals surface area contributed by atoms with Crippen molar-refractivity contribution in [2.75, 3.05) is 11.9 Å². The summed E-state index contributed by atoms with van der Waals surface area (Å²) < 4.78 is 13.0. The van der Waals surface area contributed by atoms with Crippen LogP contribution in [0, 0.1) is 11.7 Å². The molecule has 0 radical (unpaired) electrons. The number of carboxylic acid groups (broad SMARTS) is 1. The summed E-state index contributed by atoms with van der Waals surface area (Å²) in [7, 11) is 0. The molecule has 2 amide bonds. The van der Waals surface area contributed by atoms with E-state index in [9.17, 15) is 23.9 Å². The average molecular weight is 370 g/mol. The van der Waals surface area contributed by atoms with Crippen LogP contribution in [0.25, 0.3) is 0 Å². The number of carboxylic acids is 1. The summed E-state index contributed by atoms with van der Waals surface area (Å²) in [4.78, 5) is 35.4. The summed E-state index contributed by atoms with van der Waals surface area (Å²) >= 11 is 0. The van der Waals surface area contributed by atoms with Crippen molar-refractivity contribution >= 4 is 23.5 Å². The van der Waals surface area contributed by atoms with E-state index in [0.717, 1.165) is 12.8 Å². The van der Waals surface area contributed by atoms with Crippen molar-refractivity contribution in [3.05, 3.63) is 65.5 Å². The molecule has 0 heterocycles. The van der Waals surface area contributed by atoms with Gasteiger partial charge in [-0.05, 0) is 54.8 Å². The van der Waals surface area contributed by atoms with Gasteiger partial charge in [0.25, 0.3) is 5.91 Å². The van der Waals surface area contributed by atoms with Gasteiger partial charge in [0.1, 0.15) is 5.82 Å². The Balaban J connectivity index is 1.59. The van der Waals surface area contributed by atoms with Gasteiger partial charge in [0.15, 0.2) is 0 Å². The second kappa shape index (κ2) is 7.99. The predicted octanol–water partition coefficient (Wildman–Crippen LogP) is 2.77. The number of hydrogen-bond donors (Lipinski definition) is 3. The minimum atomic E-state index is -1.11. The first-order chi connectivity index (χ1) is 12.9. The lowest BCUT2D eigenvalue weighted by atomic mass is 9.99. The molecule has 2 aromatic carbocycles. The molecule has 1 fully saturated rings. The molecule has 1 aliphatic rings. The largest absolute Gasteiger partial charge is 0.481 e. The molecule has 7 heteroatoms. The Bertz CT molecular complexity index is 845. The number of aliphatic carboxylic acids is 1. The first-order valence-electron chi connectivity index (χ1n) is 8.61. The number of carbonyl (C=O) groups is 3. The SMILES string of the molecule is O=C(NCC(C(=O)O)c1ccc(F)cc1)c1ccc(NC(=O)C2CC2)cc1. The maximum atomic E-state index is 13.0. The standard InChI is InChI=1S/C20H19FN2O4/c21-15-7-3-12(4-8-15)17(20(26)27)11-22-18(24)13-5-9-16(10-6-13)23-19(25)14-1-2-14/h3-10,14,17H,1-2,11H2,(H,22,24)(H,23,25)(H,26,27). The Hall–Kier alpha value is -3.22. The van der Waals surface area contributed by atoms with Crippen LogP contribution in [0.3, 0.4) is 0 Å². The van der Waals surface area contributed by atoms with Crippen molar-refractivity contribution in [2.24, 2.45) is 5.92 Å². The smallest absolute Gasteiger partial charge is 0.312 e. The summed E-state index contributed by atoms with van der Waals surface area (Å²) in [5, 5.41) is 14.7. The Morgan fingerprint density at radius 3 is 2.22 bits per heavy atom. The lowest BCUT2D eigenvalue weighted by molar-refractivity contribution is -0.138. The number of hydrogen-bond acceptors (Lipinski definition) is 3. The molecule has 3 N–H and O–H groups in total. The van der Waals surface area contributed by atoms with Crippen LogP contribution in [0.1, 0.15) is 34.7 Å². The second-order valence-corrected chi connectivity index (χ2v) is 6.49. The van der Waals surface area contributed by atoms with Crippen molar-refractivity contribution in [1.82, 2.24) is 5.32 Å². The zero-order valence-electron chi connectivity index (χ0n) is 14.4. The maximum absolute atomic E-state index is 13.0. The molecule has 0 saturated heterocycles. The first-order valence-corrected chi connectivity index (χ1v) is 8.61. The highest BCUT2D eigenvalue weighted by molar-refractivity contribution is 5.97. The molecule has 0 aromatic heterocycles. The lowest BCUT2D eigenvalue weighted by Gasteiger charge is -2.14. The molecule has 2 aromatic rings. The van der Waals surface area contributed by atoms with Crippen LogP contribution in [0.4, 0.5) is 10.1 Å². The molecule has 1 aliphatic carbocycles. The summed E-state index contributed by atoms with van der Waals surface area (Å²) in [6.45, 7) is -0.125. The van der Waals surface area contributed by atoms with Gasteiger partial charge in [0, 0.05) is 23.7 Å². The number of halogens is 1. The number of benzene rings is 2. The van der Waals surface area contributed by atoms with Crippen molar-refractivity contribution in [3.8, 4) is 0 Å². The molecule has 3 rings (SSSR count). The van der Waals surface area contributed by atoms with Crippen molar-refractivity contribution in [1.29, 1.82) is 0 Å². The van der Waals surface area contributed by atoms with Crippen LogP contribution in [0.15, 0.2) is 48.5 Å². The van der Waals surface area contributed by atoms with E-state index in [1.807, 2.05) is 0 Å². The highest BCUT2D eigenvalue weighted by Crippen LogP contribution is 2.30. The molecule has 0 bridgehead atoms. The molecule has 140 valence electrons. The van der Waals surface area contributed by atoms with Crippen molar-refractivity contribution < 1.29 is 23.9 Å². The van der Waals surface area contributed by atoms with Crippen LogP contribution < -0.4 is 10.6 Å². The molecular weight excluding hydrogens is 351 g/mol.